The maximum absolute atomic E-state index is 12.1. The van der Waals surface area contributed by atoms with Crippen molar-refractivity contribution in [3.63, 3.8) is 0 Å². The number of aromatic nitrogens is 1. The SMILES string of the molecule is C=C/C=C(\C=C)N1C(=O)c2ncc(Cl)cc2C1O. The number of aliphatic hydroxyl groups excluding tert-OH is 1. The van der Waals surface area contributed by atoms with Crippen molar-refractivity contribution < 1.29 is 9.90 Å². The maximum Gasteiger partial charge on any atom is 0.279 e. The van der Waals surface area contributed by atoms with Crippen LogP contribution in [-0.4, -0.2) is 20.9 Å². The molecule has 0 radical (unpaired) electrons. The molecule has 1 atom stereocenters. The van der Waals surface area contributed by atoms with Gasteiger partial charge >= 0.3 is 0 Å². The normalized spacial score (nSPS) is 18.8. The Bertz CT molecular complexity index is 566. The summed E-state index contributed by atoms with van der Waals surface area (Å²) in [6, 6.07) is 1.53. The molecule has 0 bridgehead atoms. The summed E-state index contributed by atoms with van der Waals surface area (Å²) in [6.45, 7) is 7.16. The van der Waals surface area contributed by atoms with Gasteiger partial charge in [0.25, 0.3) is 5.91 Å². The Hall–Kier alpha value is -1.91. The summed E-state index contributed by atoms with van der Waals surface area (Å²) >= 11 is 5.80. The second kappa shape index (κ2) is 4.76. The van der Waals surface area contributed by atoms with Crippen molar-refractivity contribution in [2.75, 3.05) is 0 Å². The third kappa shape index (κ3) is 1.85. The number of hydrogen-bond donors (Lipinski definition) is 1. The quantitative estimate of drug-likeness (QED) is 0.852. The van der Waals surface area contributed by atoms with Gasteiger partial charge in [-0.05, 0) is 18.2 Å². The first-order chi connectivity index (χ1) is 8.60. The highest BCUT2D eigenvalue weighted by Gasteiger charge is 2.38. The molecule has 0 saturated heterocycles. The number of hydrogen-bond acceptors (Lipinski definition) is 3. The van der Waals surface area contributed by atoms with Gasteiger partial charge in [-0.15, -0.1) is 0 Å². The number of rotatable bonds is 3. The number of allylic oxidation sites excluding steroid dienone is 3. The van der Waals surface area contributed by atoms with Crippen molar-refractivity contribution in [2.45, 2.75) is 6.23 Å². The summed E-state index contributed by atoms with van der Waals surface area (Å²) in [5, 5.41) is 10.5. The van der Waals surface area contributed by atoms with E-state index in [1.165, 1.54) is 29.3 Å². The zero-order chi connectivity index (χ0) is 13.3. The molecule has 18 heavy (non-hydrogen) atoms. The van der Waals surface area contributed by atoms with Gasteiger partial charge in [0.1, 0.15) is 5.69 Å². The largest absolute Gasteiger partial charge is 0.369 e. The van der Waals surface area contributed by atoms with E-state index in [1.807, 2.05) is 0 Å². The fraction of sp³-hybridized carbons (Fsp3) is 0.0769. The van der Waals surface area contributed by atoms with E-state index in [2.05, 4.69) is 18.1 Å². The van der Waals surface area contributed by atoms with Gasteiger partial charge in [0, 0.05) is 17.5 Å². The van der Waals surface area contributed by atoms with Crippen LogP contribution in [0.4, 0.5) is 0 Å². The number of amides is 1. The van der Waals surface area contributed by atoms with Gasteiger partial charge in [0.15, 0.2) is 6.23 Å². The molecule has 4 nitrogen and oxygen atoms in total. The first kappa shape index (κ1) is 12.5. The molecule has 0 saturated carbocycles. The second-order valence-electron chi connectivity index (χ2n) is 3.67. The van der Waals surface area contributed by atoms with Crippen LogP contribution in [-0.2, 0) is 0 Å². The minimum absolute atomic E-state index is 0.198. The number of aliphatic hydroxyl groups is 1. The fourth-order valence-corrected chi connectivity index (χ4v) is 1.99. The van der Waals surface area contributed by atoms with Crippen molar-refractivity contribution in [3.05, 3.63) is 65.6 Å². The third-order valence-corrected chi connectivity index (χ3v) is 2.81. The van der Waals surface area contributed by atoms with E-state index in [4.69, 9.17) is 11.6 Å². The van der Waals surface area contributed by atoms with E-state index in [-0.39, 0.29) is 11.6 Å². The van der Waals surface area contributed by atoms with Gasteiger partial charge in [-0.1, -0.05) is 30.8 Å². The molecular weight excluding hydrogens is 252 g/mol. The van der Waals surface area contributed by atoms with Crippen molar-refractivity contribution in [1.82, 2.24) is 9.88 Å². The average Bonchev–Trinajstić information content (AvgIpc) is 2.59. The van der Waals surface area contributed by atoms with Crippen molar-refractivity contribution in [2.24, 2.45) is 0 Å². The van der Waals surface area contributed by atoms with E-state index in [0.717, 1.165) is 0 Å². The van der Waals surface area contributed by atoms with Crippen LogP contribution in [0.5, 0.6) is 0 Å². The van der Waals surface area contributed by atoms with Crippen LogP contribution in [0.25, 0.3) is 0 Å². The highest BCUT2D eigenvalue weighted by molar-refractivity contribution is 6.30. The van der Waals surface area contributed by atoms with Crippen molar-refractivity contribution in [1.29, 1.82) is 0 Å². The molecule has 1 unspecified atom stereocenters. The predicted molar refractivity (Wildman–Crippen MR) is 68.9 cm³/mol. The Balaban J connectivity index is 2.51. The van der Waals surface area contributed by atoms with Gasteiger partial charge in [0.2, 0.25) is 0 Å². The van der Waals surface area contributed by atoms with Gasteiger partial charge < -0.3 is 5.11 Å². The zero-order valence-electron chi connectivity index (χ0n) is 9.51. The topological polar surface area (TPSA) is 53.4 Å². The number of fused-ring (bicyclic) bond motifs is 1. The molecule has 1 aromatic rings. The molecular formula is C13H11ClN2O2. The predicted octanol–water partition coefficient (Wildman–Crippen LogP) is 2.44. The van der Waals surface area contributed by atoms with Crippen LogP contribution >= 0.6 is 11.6 Å². The molecule has 1 aromatic heterocycles. The zero-order valence-corrected chi connectivity index (χ0v) is 10.3. The minimum Gasteiger partial charge on any atom is -0.369 e. The highest BCUT2D eigenvalue weighted by atomic mass is 35.5. The van der Waals surface area contributed by atoms with E-state index in [0.29, 0.717) is 16.3 Å². The molecule has 2 heterocycles. The second-order valence-corrected chi connectivity index (χ2v) is 4.11. The first-order valence-electron chi connectivity index (χ1n) is 5.22. The van der Waals surface area contributed by atoms with E-state index >= 15 is 0 Å². The Morgan fingerprint density at radius 2 is 2.28 bits per heavy atom. The van der Waals surface area contributed by atoms with Crippen LogP contribution in [0.2, 0.25) is 5.02 Å². The van der Waals surface area contributed by atoms with Crippen LogP contribution in [0.3, 0.4) is 0 Å². The molecule has 92 valence electrons. The first-order valence-corrected chi connectivity index (χ1v) is 5.60. The molecule has 5 heteroatoms. The van der Waals surface area contributed by atoms with Gasteiger partial charge in [-0.2, -0.15) is 0 Å². The number of pyridine rings is 1. The third-order valence-electron chi connectivity index (χ3n) is 2.60. The van der Waals surface area contributed by atoms with Crippen molar-refractivity contribution >= 4 is 17.5 Å². The lowest BCUT2D eigenvalue weighted by Gasteiger charge is -2.21. The summed E-state index contributed by atoms with van der Waals surface area (Å²) in [5.41, 5.74) is 1.05. The van der Waals surface area contributed by atoms with Crippen LogP contribution in [0.15, 0.2) is 49.3 Å². The summed E-state index contributed by atoms with van der Waals surface area (Å²) < 4.78 is 0. The smallest absolute Gasteiger partial charge is 0.279 e. The molecule has 1 aliphatic heterocycles. The van der Waals surface area contributed by atoms with E-state index in [9.17, 15) is 9.90 Å². The Morgan fingerprint density at radius 3 is 2.89 bits per heavy atom. The van der Waals surface area contributed by atoms with Crippen molar-refractivity contribution in [3.8, 4) is 0 Å². The van der Waals surface area contributed by atoms with E-state index in [1.54, 1.807) is 6.08 Å². The lowest BCUT2D eigenvalue weighted by molar-refractivity contribution is 0.0355. The molecule has 0 fully saturated rings. The molecule has 0 spiro atoms. The molecule has 1 N–H and O–H groups in total. The minimum atomic E-state index is -1.11. The number of carbonyl (C=O) groups is 1. The molecule has 1 aliphatic rings. The number of halogens is 1. The van der Waals surface area contributed by atoms with Gasteiger partial charge in [0.05, 0.1) is 5.02 Å². The molecule has 0 aliphatic carbocycles. The highest BCUT2D eigenvalue weighted by Crippen LogP contribution is 2.34. The summed E-state index contributed by atoms with van der Waals surface area (Å²) in [5.74, 6) is -0.387. The van der Waals surface area contributed by atoms with Gasteiger partial charge in [-0.25, -0.2) is 4.98 Å². The number of nitrogens with zero attached hydrogens (tertiary/aromatic N) is 2. The Morgan fingerprint density at radius 1 is 1.56 bits per heavy atom. The Kier molecular flexibility index (Phi) is 3.32. The fourth-order valence-electron chi connectivity index (χ4n) is 1.82. The molecule has 0 aromatic carbocycles. The van der Waals surface area contributed by atoms with Gasteiger partial charge in [-0.3, -0.25) is 9.69 Å². The molecule has 1 amide bonds. The Labute approximate surface area is 110 Å². The van der Waals surface area contributed by atoms with Crippen LogP contribution in [0.1, 0.15) is 22.3 Å². The lowest BCUT2D eigenvalue weighted by atomic mass is 10.2. The van der Waals surface area contributed by atoms with E-state index < -0.39 is 6.23 Å². The standard InChI is InChI=1S/C13H11ClN2O2/c1-3-5-9(4-2)16-12(17)10-6-8(14)7-15-11(10)13(16)18/h3-7,12,17H,1-2H2/b9-5+. The van der Waals surface area contributed by atoms with Crippen LogP contribution in [0, 0.1) is 0 Å². The summed E-state index contributed by atoms with van der Waals surface area (Å²) in [4.78, 5) is 17.3. The average molecular weight is 263 g/mol. The molecule has 2 rings (SSSR count). The summed E-state index contributed by atoms with van der Waals surface area (Å²) in [7, 11) is 0. The number of carbonyl (C=O) groups excluding carboxylic acids is 1. The maximum atomic E-state index is 12.1. The van der Waals surface area contributed by atoms with Crippen LogP contribution < -0.4 is 0 Å². The lowest BCUT2D eigenvalue weighted by Crippen LogP contribution is -2.26. The summed E-state index contributed by atoms with van der Waals surface area (Å²) in [6.07, 6.45) is 4.83. The monoisotopic (exact) mass is 262 g/mol.